The highest BCUT2D eigenvalue weighted by atomic mass is 32.2. The van der Waals surface area contributed by atoms with Crippen molar-refractivity contribution in [2.45, 2.75) is 49.5 Å². The largest absolute Gasteiger partial charge is 0.460 e. The topological polar surface area (TPSA) is 101 Å². The first-order valence-electron chi connectivity index (χ1n) is 7.87. The average molecular weight is 339 g/mol. The molecule has 8 heteroatoms. The van der Waals surface area contributed by atoms with Crippen LogP contribution in [-0.4, -0.2) is 42.5 Å². The van der Waals surface area contributed by atoms with Gasteiger partial charge in [0.2, 0.25) is 10.0 Å². The summed E-state index contributed by atoms with van der Waals surface area (Å²) < 4.78 is 33.0. The first-order valence-corrected chi connectivity index (χ1v) is 9.41. The Morgan fingerprint density at radius 3 is 3.00 bits per heavy atom. The molecule has 2 fully saturated rings. The van der Waals surface area contributed by atoms with Crippen LogP contribution in [-0.2, 0) is 14.8 Å². The SMILES string of the molecule is O=S1(=O)NC(=NC(CCO)c2cccnc2)OC2CCCCC21. The second kappa shape index (κ2) is 6.84. The lowest BCUT2D eigenvalue weighted by atomic mass is 9.97. The molecule has 1 aliphatic carbocycles. The zero-order valence-electron chi connectivity index (χ0n) is 12.8. The zero-order valence-corrected chi connectivity index (χ0v) is 13.6. The van der Waals surface area contributed by atoms with Gasteiger partial charge < -0.3 is 9.84 Å². The van der Waals surface area contributed by atoms with Crippen LogP contribution in [0.3, 0.4) is 0 Å². The molecule has 23 heavy (non-hydrogen) atoms. The molecule has 1 saturated heterocycles. The minimum Gasteiger partial charge on any atom is -0.460 e. The van der Waals surface area contributed by atoms with Crippen molar-refractivity contribution in [1.29, 1.82) is 0 Å². The van der Waals surface area contributed by atoms with Gasteiger partial charge in [-0.15, -0.1) is 0 Å². The number of aromatic nitrogens is 1. The Bertz CT molecular complexity index is 663. The second-order valence-electron chi connectivity index (χ2n) is 5.87. The van der Waals surface area contributed by atoms with Crippen molar-refractivity contribution in [2.75, 3.05) is 6.61 Å². The number of pyridine rings is 1. The molecule has 126 valence electrons. The summed E-state index contributed by atoms with van der Waals surface area (Å²) in [5, 5.41) is 8.75. The summed E-state index contributed by atoms with van der Waals surface area (Å²) in [6.45, 7) is -0.0604. The van der Waals surface area contributed by atoms with Gasteiger partial charge in [-0.2, -0.15) is 0 Å². The van der Waals surface area contributed by atoms with Crippen LogP contribution < -0.4 is 4.72 Å². The van der Waals surface area contributed by atoms with Crippen molar-refractivity contribution in [3.8, 4) is 0 Å². The molecule has 7 nitrogen and oxygen atoms in total. The van der Waals surface area contributed by atoms with Gasteiger partial charge in [-0.05, 0) is 37.3 Å². The fourth-order valence-electron chi connectivity index (χ4n) is 3.12. The van der Waals surface area contributed by atoms with E-state index in [2.05, 4.69) is 14.7 Å². The van der Waals surface area contributed by atoms with E-state index in [0.29, 0.717) is 12.8 Å². The van der Waals surface area contributed by atoms with Crippen LogP contribution in [0.1, 0.15) is 43.7 Å². The number of amidine groups is 1. The van der Waals surface area contributed by atoms with Gasteiger partial charge in [-0.1, -0.05) is 12.5 Å². The lowest BCUT2D eigenvalue weighted by Crippen LogP contribution is -2.54. The highest BCUT2D eigenvalue weighted by Crippen LogP contribution is 2.30. The smallest absolute Gasteiger partial charge is 0.299 e. The number of hydrogen-bond donors (Lipinski definition) is 2. The van der Waals surface area contributed by atoms with Gasteiger partial charge in [-0.3, -0.25) is 4.98 Å². The van der Waals surface area contributed by atoms with Crippen LogP contribution >= 0.6 is 0 Å². The molecule has 3 unspecified atom stereocenters. The quantitative estimate of drug-likeness (QED) is 0.856. The first-order chi connectivity index (χ1) is 11.1. The molecule has 3 atom stereocenters. The van der Waals surface area contributed by atoms with Crippen LogP contribution in [0.25, 0.3) is 0 Å². The Labute approximate surface area is 135 Å². The van der Waals surface area contributed by atoms with Crippen molar-refractivity contribution >= 4 is 16.0 Å². The third-order valence-electron chi connectivity index (χ3n) is 4.28. The highest BCUT2D eigenvalue weighted by molar-refractivity contribution is 7.90. The lowest BCUT2D eigenvalue weighted by molar-refractivity contribution is 0.130. The van der Waals surface area contributed by atoms with Crippen LogP contribution in [0, 0.1) is 0 Å². The Morgan fingerprint density at radius 1 is 1.43 bits per heavy atom. The van der Waals surface area contributed by atoms with Crippen molar-refractivity contribution in [3.63, 3.8) is 0 Å². The number of aliphatic hydroxyl groups excluding tert-OH is 1. The predicted molar refractivity (Wildman–Crippen MR) is 85.3 cm³/mol. The number of sulfonamides is 1. The maximum Gasteiger partial charge on any atom is 0.299 e. The number of nitrogens with one attached hydrogen (secondary N) is 1. The molecular formula is C15H21N3O4S. The highest BCUT2D eigenvalue weighted by Gasteiger charge is 2.42. The number of aliphatic hydroxyl groups is 1. The summed E-state index contributed by atoms with van der Waals surface area (Å²) in [7, 11) is -3.46. The molecule has 0 bridgehead atoms. The molecule has 1 aromatic rings. The fraction of sp³-hybridized carbons (Fsp3) is 0.600. The molecule has 0 radical (unpaired) electrons. The van der Waals surface area contributed by atoms with Crippen LogP contribution in [0.5, 0.6) is 0 Å². The number of rotatable bonds is 4. The van der Waals surface area contributed by atoms with E-state index in [-0.39, 0.29) is 18.7 Å². The van der Waals surface area contributed by atoms with Gasteiger partial charge in [0.05, 0.1) is 6.04 Å². The molecule has 2 heterocycles. The van der Waals surface area contributed by atoms with Crippen molar-refractivity contribution < 1.29 is 18.3 Å². The van der Waals surface area contributed by atoms with Crippen molar-refractivity contribution in [3.05, 3.63) is 30.1 Å². The van der Waals surface area contributed by atoms with E-state index in [9.17, 15) is 13.5 Å². The Hall–Kier alpha value is -1.67. The van der Waals surface area contributed by atoms with E-state index in [1.165, 1.54) is 0 Å². The number of ether oxygens (including phenoxy) is 1. The van der Waals surface area contributed by atoms with Gasteiger partial charge in [0.15, 0.2) is 0 Å². The Balaban J connectivity index is 1.85. The summed E-state index contributed by atoms with van der Waals surface area (Å²) in [6.07, 6.45) is 6.56. The Kier molecular flexibility index (Phi) is 4.82. The zero-order chi connectivity index (χ0) is 16.3. The van der Waals surface area contributed by atoms with E-state index in [4.69, 9.17) is 4.74 Å². The Morgan fingerprint density at radius 2 is 2.26 bits per heavy atom. The van der Waals surface area contributed by atoms with Crippen LogP contribution in [0.4, 0.5) is 0 Å². The van der Waals surface area contributed by atoms with E-state index in [0.717, 1.165) is 24.8 Å². The molecule has 3 rings (SSSR count). The molecular weight excluding hydrogens is 318 g/mol. The monoisotopic (exact) mass is 339 g/mol. The molecule has 0 amide bonds. The maximum absolute atomic E-state index is 12.4. The number of fused-ring (bicyclic) bond motifs is 1. The van der Waals surface area contributed by atoms with E-state index < -0.39 is 21.3 Å². The van der Waals surface area contributed by atoms with Gasteiger partial charge in [0, 0.05) is 19.0 Å². The average Bonchev–Trinajstić information content (AvgIpc) is 2.55. The fourth-order valence-corrected chi connectivity index (χ4v) is 4.68. The molecule has 2 aliphatic rings. The lowest BCUT2D eigenvalue weighted by Gasteiger charge is -2.36. The van der Waals surface area contributed by atoms with Crippen LogP contribution in [0.2, 0.25) is 0 Å². The van der Waals surface area contributed by atoms with E-state index in [1.54, 1.807) is 18.5 Å². The third-order valence-corrected chi connectivity index (χ3v) is 6.07. The van der Waals surface area contributed by atoms with Crippen LogP contribution in [0.15, 0.2) is 29.5 Å². The number of aliphatic imine (C=N–C) groups is 1. The second-order valence-corrected chi connectivity index (χ2v) is 7.77. The van der Waals surface area contributed by atoms with Crippen molar-refractivity contribution in [2.24, 2.45) is 4.99 Å². The summed E-state index contributed by atoms with van der Waals surface area (Å²) in [5.41, 5.74) is 0.808. The molecule has 1 aliphatic heterocycles. The van der Waals surface area contributed by atoms with E-state index in [1.807, 2.05) is 6.07 Å². The summed E-state index contributed by atoms with van der Waals surface area (Å²) in [6, 6.07) is 3.25. The van der Waals surface area contributed by atoms with Gasteiger partial charge in [0.1, 0.15) is 11.4 Å². The number of nitrogens with zero attached hydrogens (tertiary/aromatic N) is 2. The summed E-state index contributed by atoms with van der Waals surface area (Å²) >= 11 is 0. The normalized spacial score (nSPS) is 29.2. The first kappa shape index (κ1) is 16.2. The summed E-state index contributed by atoms with van der Waals surface area (Å²) in [5.74, 6) is 0. The molecule has 2 N–H and O–H groups in total. The van der Waals surface area contributed by atoms with Crippen molar-refractivity contribution in [1.82, 2.24) is 9.71 Å². The minimum atomic E-state index is -3.46. The molecule has 1 saturated carbocycles. The minimum absolute atomic E-state index is 0.0236. The maximum atomic E-state index is 12.4. The third kappa shape index (κ3) is 3.64. The summed E-state index contributed by atoms with van der Waals surface area (Å²) in [4.78, 5) is 8.43. The molecule has 0 spiro atoms. The standard InChI is InChI=1S/C15H21N3O4S/c19-9-7-12(11-4-3-8-16-10-11)17-15-18-23(20,21)14-6-2-1-5-13(14)22-15/h3-4,8,10,12-14,19H,1-2,5-7,9H2,(H,17,18). The van der Waals surface area contributed by atoms with Gasteiger partial charge >= 0.3 is 0 Å². The van der Waals surface area contributed by atoms with Gasteiger partial charge in [-0.25, -0.2) is 18.1 Å². The van der Waals surface area contributed by atoms with Gasteiger partial charge in [0.25, 0.3) is 6.02 Å². The molecule has 1 aromatic heterocycles. The van der Waals surface area contributed by atoms with E-state index >= 15 is 0 Å². The molecule has 0 aromatic carbocycles. The predicted octanol–water partition coefficient (Wildman–Crippen LogP) is 1.12. The number of hydrogen-bond acceptors (Lipinski definition) is 6.